The summed E-state index contributed by atoms with van der Waals surface area (Å²) >= 11 is 0. The number of benzene rings is 1. The molecule has 3 heterocycles. The van der Waals surface area contributed by atoms with Gasteiger partial charge in [0.15, 0.2) is 5.82 Å². The normalized spacial score (nSPS) is 18.5. The van der Waals surface area contributed by atoms with Crippen molar-refractivity contribution in [2.75, 3.05) is 25.4 Å². The molecule has 3 atom stereocenters. The minimum absolute atomic E-state index is 0.0418. The van der Waals surface area contributed by atoms with E-state index in [1.165, 1.54) is 18.2 Å². The zero-order valence-electron chi connectivity index (χ0n) is 21.7. The second kappa shape index (κ2) is 11.0. The molecule has 1 aromatic carbocycles. The van der Waals surface area contributed by atoms with Gasteiger partial charge in [-0.15, -0.1) is 0 Å². The summed E-state index contributed by atoms with van der Waals surface area (Å²) in [7, 11) is 0. The van der Waals surface area contributed by atoms with Gasteiger partial charge in [0.25, 0.3) is 5.91 Å². The zero-order chi connectivity index (χ0) is 30.3. The summed E-state index contributed by atoms with van der Waals surface area (Å²) in [4.78, 5) is 30.1. The van der Waals surface area contributed by atoms with Crippen LogP contribution in [0.2, 0.25) is 0 Å². The molecule has 3 N–H and O–H groups in total. The van der Waals surface area contributed by atoms with Gasteiger partial charge in [0.2, 0.25) is 5.91 Å². The molecular formula is C25H25F7N6O3. The summed E-state index contributed by atoms with van der Waals surface area (Å²) < 4.78 is 101. The van der Waals surface area contributed by atoms with E-state index in [1.54, 1.807) is 6.92 Å². The van der Waals surface area contributed by atoms with Crippen LogP contribution in [0.1, 0.15) is 36.2 Å². The number of likely N-dealkylation sites (tertiary alicyclic amines) is 1. The van der Waals surface area contributed by atoms with Crippen LogP contribution in [-0.4, -0.2) is 69.4 Å². The monoisotopic (exact) mass is 590 g/mol. The highest BCUT2D eigenvalue weighted by molar-refractivity contribution is 5.98. The number of hydrogen-bond acceptors (Lipinski definition) is 6. The van der Waals surface area contributed by atoms with Crippen LogP contribution in [0.3, 0.4) is 0 Å². The Morgan fingerprint density at radius 1 is 1.17 bits per heavy atom. The van der Waals surface area contributed by atoms with Crippen LogP contribution in [0.4, 0.5) is 36.6 Å². The van der Waals surface area contributed by atoms with E-state index in [2.05, 4.69) is 15.4 Å². The molecule has 41 heavy (non-hydrogen) atoms. The van der Waals surface area contributed by atoms with Crippen molar-refractivity contribution in [3.05, 3.63) is 41.7 Å². The fourth-order valence-electron chi connectivity index (χ4n) is 4.49. The van der Waals surface area contributed by atoms with Gasteiger partial charge < -0.3 is 20.7 Å². The first-order valence-corrected chi connectivity index (χ1v) is 12.4. The smallest absolute Gasteiger partial charge is 0.418 e. The summed E-state index contributed by atoms with van der Waals surface area (Å²) in [5.74, 6) is -4.08. The molecule has 2 aromatic heterocycles. The summed E-state index contributed by atoms with van der Waals surface area (Å²) in [6, 6.07) is 3.54. The van der Waals surface area contributed by atoms with Crippen LogP contribution < -0.4 is 15.8 Å². The molecule has 0 bridgehead atoms. The van der Waals surface area contributed by atoms with E-state index < -0.39 is 72.2 Å². The van der Waals surface area contributed by atoms with Crippen LogP contribution in [0.25, 0.3) is 16.8 Å². The highest BCUT2D eigenvalue weighted by atomic mass is 19.4. The van der Waals surface area contributed by atoms with E-state index in [9.17, 15) is 40.3 Å². The largest absolute Gasteiger partial charge is 0.493 e. The van der Waals surface area contributed by atoms with Crippen LogP contribution in [0.5, 0.6) is 5.75 Å². The molecule has 1 saturated heterocycles. The van der Waals surface area contributed by atoms with Crippen LogP contribution >= 0.6 is 0 Å². The number of amides is 2. The van der Waals surface area contributed by atoms with Gasteiger partial charge in [-0.3, -0.25) is 9.59 Å². The van der Waals surface area contributed by atoms with Gasteiger partial charge in [0.05, 0.1) is 41.9 Å². The maximum Gasteiger partial charge on any atom is 0.418 e. The Hall–Kier alpha value is -4.11. The molecule has 1 unspecified atom stereocenters. The highest BCUT2D eigenvalue weighted by Crippen LogP contribution is 2.39. The first-order valence-electron chi connectivity index (χ1n) is 12.4. The number of hydrogen-bond donors (Lipinski definition) is 2. The fraction of sp³-hybridized carbons (Fsp3) is 0.440. The Balaban J connectivity index is 1.62. The number of nitrogens with one attached hydrogen (secondary N) is 1. The summed E-state index contributed by atoms with van der Waals surface area (Å²) in [5.41, 5.74) is 4.01. The predicted octanol–water partition coefficient (Wildman–Crippen LogP) is 4.26. The number of rotatable bonds is 7. The van der Waals surface area contributed by atoms with Crippen molar-refractivity contribution in [2.45, 2.75) is 44.8 Å². The second-order valence-corrected chi connectivity index (χ2v) is 9.53. The quantitative estimate of drug-likeness (QED) is 0.398. The number of nitrogen functional groups attached to an aromatic ring is 1. The maximum absolute atomic E-state index is 14.8. The van der Waals surface area contributed by atoms with Crippen LogP contribution in [0, 0.1) is 5.92 Å². The topological polar surface area (TPSA) is 115 Å². The lowest BCUT2D eigenvalue weighted by molar-refractivity contribution is -0.176. The lowest BCUT2D eigenvalue weighted by Gasteiger charge is -2.20. The van der Waals surface area contributed by atoms with Gasteiger partial charge in [-0.05, 0) is 31.2 Å². The van der Waals surface area contributed by atoms with Gasteiger partial charge in [-0.25, -0.2) is 13.9 Å². The number of carbonyl (C=O) groups is 2. The molecule has 9 nitrogen and oxygen atoms in total. The molecule has 222 valence electrons. The molecule has 0 saturated carbocycles. The summed E-state index contributed by atoms with van der Waals surface area (Å²) in [5, 5.41) is 6.30. The SMILES string of the molecule is CCOc1ccc(-c2cc(C(F)(F)F)c3c(N)ncnn23)cc1C(=O)N[C@@H]1CN(C(=O)CC(C)C(F)(F)F)C[C@@H]1F. The van der Waals surface area contributed by atoms with Crippen LogP contribution in [-0.2, 0) is 11.0 Å². The van der Waals surface area contributed by atoms with Crippen molar-refractivity contribution < 1.29 is 45.1 Å². The predicted molar refractivity (Wildman–Crippen MR) is 132 cm³/mol. The molecule has 0 radical (unpaired) electrons. The Morgan fingerprint density at radius 2 is 1.88 bits per heavy atom. The van der Waals surface area contributed by atoms with Gasteiger partial charge in [0.1, 0.15) is 23.8 Å². The Labute approximate surface area is 228 Å². The van der Waals surface area contributed by atoms with Crippen molar-refractivity contribution in [1.82, 2.24) is 24.8 Å². The average Bonchev–Trinajstić information content (AvgIpc) is 3.45. The molecule has 1 aliphatic heterocycles. The standard InChI is InChI=1S/C25H25F7N6O3/c1-3-41-19-5-4-13(18-8-15(25(30,31)32)21-22(33)34-11-35-38(18)21)7-14(19)23(40)36-17-10-37(9-16(17)26)20(39)6-12(2)24(27,28)29/h4-5,7-8,11-12,16-17H,3,6,9-10H2,1-2H3,(H,36,40)(H2,33,34,35)/t12?,16-,17+/m0/s1. The molecule has 4 rings (SSSR count). The van der Waals surface area contributed by atoms with Gasteiger partial charge >= 0.3 is 12.4 Å². The van der Waals surface area contributed by atoms with E-state index in [0.717, 1.165) is 28.7 Å². The number of fused-ring (bicyclic) bond motifs is 1. The summed E-state index contributed by atoms with van der Waals surface area (Å²) in [6.07, 6.45) is -11.1. The lowest BCUT2D eigenvalue weighted by atomic mass is 10.1. The molecule has 1 aliphatic rings. The number of aromatic nitrogens is 3. The minimum atomic E-state index is -4.80. The number of nitrogens with two attached hydrogens (primary N) is 1. The third-order valence-corrected chi connectivity index (χ3v) is 6.67. The number of alkyl halides is 7. The summed E-state index contributed by atoms with van der Waals surface area (Å²) in [6.45, 7) is 1.71. The van der Waals surface area contributed by atoms with Crippen molar-refractivity contribution >= 4 is 23.1 Å². The van der Waals surface area contributed by atoms with Crippen molar-refractivity contribution in [2.24, 2.45) is 5.92 Å². The highest BCUT2D eigenvalue weighted by Gasteiger charge is 2.42. The van der Waals surface area contributed by atoms with Crippen LogP contribution in [0.15, 0.2) is 30.6 Å². The second-order valence-electron chi connectivity index (χ2n) is 9.53. The Bertz CT molecular complexity index is 1460. The minimum Gasteiger partial charge on any atom is -0.493 e. The number of carbonyl (C=O) groups excluding carboxylic acids is 2. The molecule has 2 amide bonds. The molecule has 3 aromatic rings. The van der Waals surface area contributed by atoms with Crippen molar-refractivity contribution in [3.63, 3.8) is 0 Å². The van der Waals surface area contributed by atoms with Crippen molar-refractivity contribution in [3.8, 4) is 17.0 Å². The van der Waals surface area contributed by atoms with E-state index >= 15 is 0 Å². The molecule has 1 fully saturated rings. The first-order chi connectivity index (χ1) is 19.1. The maximum atomic E-state index is 14.8. The van der Waals surface area contributed by atoms with E-state index in [0.29, 0.717) is 0 Å². The van der Waals surface area contributed by atoms with Crippen molar-refractivity contribution in [1.29, 1.82) is 0 Å². The van der Waals surface area contributed by atoms with Gasteiger partial charge in [0, 0.05) is 18.5 Å². The zero-order valence-corrected chi connectivity index (χ0v) is 21.7. The Kier molecular flexibility index (Phi) is 8.05. The molecule has 0 spiro atoms. The number of anilines is 1. The van der Waals surface area contributed by atoms with Gasteiger partial charge in [-0.1, -0.05) is 6.92 Å². The molecule has 0 aliphatic carbocycles. The average molecular weight is 591 g/mol. The Morgan fingerprint density at radius 3 is 2.51 bits per heavy atom. The lowest BCUT2D eigenvalue weighted by Crippen LogP contribution is -2.42. The number of nitrogens with zero attached hydrogens (tertiary/aromatic N) is 4. The van der Waals surface area contributed by atoms with E-state index in [4.69, 9.17) is 10.5 Å². The van der Waals surface area contributed by atoms with E-state index in [-0.39, 0.29) is 35.7 Å². The third kappa shape index (κ3) is 6.15. The van der Waals surface area contributed by atoms with E-state index in [1.807, 2.05) is 0 Å². The third-order valence-electron chi connectivity index (χ3n) is 6.67. The molecule has 16 heteroatoms. The fourth-order valence-corrected chi connectivity index (χ4v) is 4.49. The number of ether oxygens (including phenoxy) is 1. The number of halogens is 7. The molecular weight excluding hydrogens is 565 g/mol. The van der Waals surface area contributed by atoms with Gasteiger partial charge in [-0.2, -0.15) is 31.4 Å². The first kappa shape index (κ1) is 29.9.